The van der Waals surface area contributed by atoms with Crippen molar-refractivity contribution < 1.29 is 9.53 Å². The quantitative estimate of drug-likeness (QED) is 0.641. The zero-order chi connectivity index (χ0) is 20.4. The van der Waals surface area contributed by atoms with Crippen molar-refractivity contribution in [3.8, 4) is 5.69 Å². The van der Waals surface area contributed by atoms with Crippen LogP contribution in [0.4, 0.5) is 5.69 Å². The molecule has 6 nitrogen and oxygen atoms in total. The molecule has 0 amide bonds. The van der Waals surface area contributed by atoms with Gasteiger partial charge in [0.1, 0.15) is 0 Å². The van der Waals surface area contributed by atoms with E-state index in [1.807, 2.05) is 48.2 Å². The van der Waals surface area contributed by atoms with Crippen LogP contribution in [0, 0.1) is 6.92 Å². The zero-order valence-corrected chi connectivity index (χ0v) is 16.6. The molecule has 0 bridgehead atoms. The molecule has 0 spiro atoms. The molecule has 0 radical (unpaired) electrons. The van der Waals surface area contributed by atoms with Gasteiger partial charge in [-0.05, 0) is 43.0 Å². The van der Waals surface area contributed by atoms with Gasteiger partial charge in [-0.3, -0.25) is 4.79 Å². The molecule has 3 aromatic rings. The van der Waals surface area contributed by atoms with Crippen molar-refractivity contribution >= 4 is 11.7 Å². The molecule has 6 heteroatoms. The van der Waals surface area contributed by atoms with E-state index in [-0.39, 0.29) is 17.9 Å². The Labute approximate surface area is 169 Å². The molecular weight excluding hydrogens is 366 g/mol. The number of nitrogens with zero attached hydrogens (tertiary/aromatic N) is 3. The Bertz CT molecular complexity index is 1120. The normalized spacial score (nSPS) is 13.1. The van der Waals surface area contributed by atoms with E-state index in [1.165, 1.54) is 21.9 Å². The number of carbonyl (C=O) groups is 1. The van der Waals surface area contributed by atoms with Crippen LogP contribution in [0.5, 0.6) is 0 Å². The van der Waals surface area contributed by atoms with E-state index in [9.17, 15) is 9.59 Å². The van der Waals surface area contributed by atoms with Crippen LogP contribution in [-0.2, 0) is 17.7 Å². The summed E-state index contributed by atoms with van der Waals surface area (Å²) in [6.07, 6.45) is 0.847. The Morgan fingerprint density at radius 1 is 1.07 bits per heavy atom. The molecule has 0 saturated heterocycles. The van der Waals surface area contributed by atoms with Crippen LogP contribution in [0.3, 0.4) is 0 Å². The fourth-order valence-electron chi connectivity index (χ4n) is 3.71. The predicted octanol–water partition coefficient (Wildman–Crippen LogP) is 3.28. The van der Waals surface area contributed by atoms with E-state index >= 15 is 0 Å². The first-order valence-electron chi connectivity index (χ1n) is 9.77. The van der Waals surface area contributed by atoms with Crippen LogP contribution in [0.1, 0.15) is 34.1 Å². The third-order valence-corrected chi connectivity index (χ3v) is 5.20. The highest BCUT2D eigenvalue weighted by Gasteiger charge is 2.25. The minimum absolute atomic E-state index is 0.161. The molecule has 29 heavy (non-hydrogen) atoms. The fourth-order valence-corrected chi connectivity index (χ4v) is 3.71. The summed E-state index contributed by atoms with van der Waals surface area (Å²) in [6, 6.07) is 17.2. The minimum atomic E-state index is -0.524. The van der Waals surface area contributed by atoms with Crippen molar-refractivity contribution in [3.63, 3.8) is 0 Å². The summed E-state index contributed by atoms with van der Waals surface area (Å²) >= 11 is 0. The first kappa shape index (κ1) is 18.9. The Kier molecular flexibility index (Phi) is 5.16. The maximum absolute atomic E-state index is 12.9. The third-order valence-electron chi connectivity index (χ3n) is 5.20. The van der Waals surface area contributed by atoms with Crippen molar-refractivity contribution in [3.05, 3.63) is 87.3 Å². The molecule has 0 unspecified atom stereocenters. The Balaban J connectivity index is 1.82. The molecule has 148 valence electrons. The lowest BCUT2D eigenvalue weighted by Gasteiger charge is -2.31. The summed E-state index contributed by atoms with van der Waals surface area (Å²) < 4.78 is 6.53. The Morgan fingerprint density at radius 3 is 2.55 bits per heavy atom. The summed E-state index contributed by atoms with van der Waals surface area (Å²) in [4.78, 5) is 27.7. The molecule has 0 N–H and O–H groups in total. The molecule has 1 aromatic heterocycles. The van der Waals surface area contributed by atoms with Gasteiger partial charge in [0.15, 0.2) is 5.69 Å². The van der Waals surface area contributed by atoms with Crippen molar-refractivity contribution in [1.29, 1.82) is 0 Å². The van der Waals surface area contributed by atoms with Crippen LogP contribution in [0.15, 0.2) is 59.4 Å². The molecule has 2 aromatic carbocycles. The number of aryl methyl sites for hydroxylation is 1. The summed E-state index contributed by atoms with van der Waals surface area (Å²) in [6.45, 7) is 5.23. The van der Waals surface area contributed by atoms with Crippen molar-refractivity contribution in [2.45, 2.75) is 26.8 Å². The van der Waals surface area contributed by atoms with E-state index in [2.05, 4.69) is 17.2 Å². The van der Waals surface area contributed by atoms with Crippen LogP contribution in [-0.4, -0.2) is 28.9 Å². The number of para-hydroxylation sites is 1. The fraction of sp³-hybridized carbons (Fsp3) is 0.261. The number of aromatic nitrogens is 2. The number of fused-ring (bicyclic) bond motifs is 1. The largest absolute Gasteiger partial charge is 0.461 e. The van der Waals surface area contributed by atoms with Gasteiger partial charge in [-0.1, -0.05) is 42.5 Å². The van der Waals surface area contributed by atoms with Gasteiger partial charge >= 0.3 is 5.97 Å². The molecular formula is C23H23N3O3. The summed E-state index contributed by atoms with van der Waals surface area (Å²) in [5, 5.41) is 4.44. The molecule has 1 aliphatic rings. The molecule has 0 aliphatic carbocycles. The maximum Gasteiger partial charge on any atom is 0.360 e. The highest BCUT2D eigenvalue weighted by atomic mass is 16.5. The molecule has 0 atom stereocenters. The molecule has 0 saturated carbocycles. The number of hydrogen-bond acceptors (Lipinski definition) is 5. The maximum atomic E-state index is 12.9. The number of rotatable bonds is 4. The second-order valence-electron chi connectivity index (χ2n) is 7.08. The molecule has 2 heterocycles. The monoisotopic (exact) mass is 389 g/mol. The number of carbonyl (C=O) groups excluding carboxylic acids is 1. The van der Waals surface area contributed by atoms with Gasteiger partial charge in [0, 0.05) is 19.2 Å². The van der Waals surface area contributed by atoms with Gasteiger partial charge in [-0.15, -0.1) is 0 Å². The standard InChI is InChI=1S/C23H23N3O3/c1-3-29-23(28)22-20(25-13-12-17-9-5-6-10-18(17)15-25)14-21(27)26(24-22)19-11-7-4-8-16(19)2/h4-11,14H,3,12-13,15H2,1-2H3. The number of hydrogen-bond donors (Lipinski definition) is 0. The lowest BCUT2D eigenvalue weighted by Crippen LogP contribution is -2.35. The lowest BCUT2D eigenvalue weighted by molar-refractivity contribution is 0.0518. The number of anilines is 1. The number of esters is 1. The third kappa shape index (κ3) is 3.66. The van der Waals surface area contributed by atoms with Crippen molar-refractivity contribution in [2.24, 2.45) is 0 Å². The van der Waals surface area contributed by atoms with Crippen LogP contribution in [0.25, 0.3) is 5.69 Å². The first-order chi connectivity index (χ1) is 14.1. The van der Waals surface area contributed by atoms with E-state index in [0.29, 0.717) is 24.5 Å². The summed E-state index contributed by atoms with van der Waals surface area (Å²) in [5.74, 6) is -0.524. The number of ether oxygens (including phenoxy) is 1. The predicted molar refractivity (Wildman–Crippen MR) is 112 cm³/mol. The highest BCUT2D eigenvalue weighted by Crippen LogP contribution is 2.26. The minimum Gasteiger partial charge on any atom is -0.461 e. The summed E-state index contributed by atoms with van der Waals surface area (Å²) in [7, 11) is 0. The van der Waals surface area contributed by atoms with E-state index in [0.717, 1.165) is 12.0 Å². The second kappa shape index (κ2) is 7.91. The molecule has 0 fully saturated rings. The average molecular weight is 389 g/mol. The van der Waals surface area contributed by atoms with Crippen LogP contribution < -0.4 is 10.5 Å². The molecule has 4 rings (SSSR count). The van der Waals surface area contributed by atoms with Crippen LogP contribution >= 0.6 is 0 Å². The Morgan fingerprint density at radius 2 is 1.79 bits per heavy atom. The Hall–Kier alpha value is -3.41. The van der Waals surface area contributed by atoms with Crippen molar-refractivity contribution in [2.75, 3.05) is 18.1 Å². The number of benzene rings is 2. The topological polar surface area (TPSA) is 64.4 Å². The van der Waals surface area contributed by atoms with E-state index in [4.69, 9.17) is 4.74 Å². The highest BCUT2D eigenvalue weighted by molar-refractivity contribution is 5.93. The van der Waals surface area contributed by atoms with Gasteiger partial charge in [0.25, 0.3) is 5.56 Å². The molecule has 1 aliphatic heterocycles. The van der Waals surface area contributed by atoms with Crippen LogP contribution in [0.2, 0.25) is 0 Å². The van der Waals surface area contributed by atoms with Gasteiger partial charge in [0.2, 0.25) is 0 Å². The zero-order valence-electron chi connectivity index (χ0n) is 16.6. The average Bonchev–Trinajstić information content (AvgIpc) is 2.74. The van der Waals surface area contributed by atoms with Gasteiger partial charge in [0.05, 0.1) is 18.0 Å². The second-order valence-corrected chi connectivity index (χ2v) is 7.08. The van der Waals surface area contributed by atoms with Gasteiger partial charge < -0.3 is 9.64 Å². The first-order valence-corrected chi connectivity index (χ1v) is 9.77. The summed E-state index contributed by atoms with van der Waals surface area (Å²) in [5.41, 5.74) is 4.44. The SMILES string of the molecule is CCOC(=O)c1nn(-c2ccccc2C)c(=O)cc1N1CCc2ccccc2C1. The van der Waals surface area contributed by atoms with Gasteiger partial charge in [-0.25, -0.2) is 4.79 Å². The van der Waals surface area contributed by atoms with E-state index < -0.39 is 5.97 Å². The smallest absolute Gasteiger partial charge is 0.360 e. The van der Waals surface area contributed by atoms with E-state index in [1.54, 1.807) is 6.92 Å². The lowest BCUT2D eigenvalue weighted by atomic mass is 9.99. The van der Waals surface area contributed by atoms with Crippen molar-refractivity contribution in [1.82, 2.24) is 9.78 Å². The van der Waals surface area contributed by atoms with Gasteiger partial charge in [-0.2, -0.15) is 9.78 Å².